The minimum Gasteiger partial charge on any atom is -0.492 e. The van der Waals surface area contributed by atoms with Crippen molar-refractivity contribution in [3.05, 3.63) is 70.1 Å². The number of hydrogen-bond donors (Lipinski definition) is 2. The highest BCUT2D eigenvalue weighted by Gasteiger charge is 2.22. The van der Waals surface area contributed by atoms with Gasteiger partial charge in [0.2, 0.25) is 0 Å². The normalized spacial score (nSPS) is 13.8. The number of nitrogens with zero attached hydrogens (tertiary/aromatic N) is 2. The molecule has 46 heavy (non-hydrogen) atoms. The van der Waals surface area contributed by atoms with Crippen LogP contribution in [0.5, 0.6) is 11.5 Å². The van der Waals surface area contributed by atoms with E-state index >= 15 is 0 Å². The molecule has 2 aromatic carbocycles. The molecular formula is C37H52N4O5. The van der Waals surface area contributed by atoms with Gasteiger partial charge in [-0.2, -0.15) is 0 Å². The van der Waals surface area contributed by atoms with Crippen molar-refractivity contribution in [2.24, 2.45) is 0 Å². The molecule has 1 saturated heterocycles. The quantitative estimate of drug-likeness (QED) is 0.189. The number of rotatable bonds is 14. The summed E-state index contributed by atoms with van der Waals surface area (Å²) >= 11 is 0. The van der Waals surface area contributed by atoms with Crippen molar-refractivity contribution in [3.8, 4) is 22.6 Å². The first-order valence-electron chi connectivity index (χ1n) is 16.8. The Balaban J connectivity index is 1.72. The SMILES string of the molecule is CCCCn1ccc(-c2cc(OCCN3CCOCC3)ccc2OC(C)C)c(NC(=O)Nc2c(C(C)C)cccc2C(C)C)c1=O. The predicted molar refractivity (Wildman–Crippen MR) is 187 cm³/mol. The molecule has 2 heterocycles. The second-order valence-electron chi connectivity index (χ2n) is 12.8. The summed E-state index contributed by atoms with van der Waals surface area (Å²) in [7, 11) is 0. The number of nitrogens with one attached hydrogen (secondary N) is 2. The Hall–Kier alpha value is -3.82. The number of carbonyl (C=O) groups excluding carboxylic acids is 1. The van der Waals surface area contributed by atoms with Crippen LogP contribution in [0.3, 0.4) is 0 Å². The van der Waals surface area contributed by atoms with Gasteiger partial charge in [-0.05, 0) is 67.5 Å². The van der Waals surface area contributed by atoms with Gasteiger partial charge >= 0.3 is 6.03 Å². The number of morpholine rings is 1. The minimum absolute atomic E-state index is 0.0986. The number of aromatic nitrogens is 1. The molecule has 3 aromatic rings. The molecule has 0 saturated carbocycles. The number of urea groups is 1. The zero-order valence-electron chi connectivity index (χ0n) is 28.7. The monoisotopic (exact) mass is 632 g/mol. The summed E-state index contributed by atoms with van der Waals surface area (Å²) < 4.78 is 19.5. The summed E-state index contributed by atoms with van der Waals surface area (Å²) in [5, 5.41) is 6.07. The second kappa shape index (κ2) is 16.7. The number of pyridine rings is 1. The lowest BCUT2D eigenvalue weighted by Gasteiger charge is -2.26. The minimum atomic E-state index is -0.467. The molecule has 1 aliphatic heterocycles. The molecule has 0 radical (unpaired) electrons. The maximum atomic E-state index is 14.0. The Morgan fingerprint density at radius 1 is 0.891 bits per heavy atom. The molecule has 0 bridgehead atoms. The topological polar surface area (TPSA) is 94.1 Å². The van der Waals surface area contributed by atoms with Crippen molar-refractivity contribution < 1.29 is 19.0 Å². The van der Waals surface area contributed by atoms with Gasteiger partial charge < -0.3 is 29.4 Å². The molecule has 0 spiro atoms. The molecule has 2 amide bonds. The number of ether oxygens (including phenoxy) is 3. The van der Waals surface area contributed by atoms with Crippen LogP contribution < -0.4 is 25.7 Å². The fraction of sp³-hybridized carbons (Fsp3) is 0.514. The van der Waals surface area contributed by atoms with Gasteiger partial charge in [-0.25, -0.2) is 4.79 Å². The predicted octanol–water partition coefficient (Wildman–Crippen LogP) is 7.70. The number of unbranched alkanes of at least 4 members (excludes halogenated alkanes) is 1. The van der Waals surface area contributed by atoms with E-state index in [1.165, 1.54) is 0 Å². The number of aryl methyl sites for hydroxylation is 1. The standard InChI is InChI=1S/C37H52N4O5/c1-8-9-16-41-17-15-31(32-24-28(13-14-33(32)46-27(6)7)45-23-20-40-18-21-44-22-19-40)35(36(41)42)39-37(43)38-34-29(25(2)3)11-10-12-30(34)26(4)5/h10-15,17,24-27H,8-9,16,18-23H2,1-7H3,(H2,38,39,43). The lowest BCUT2D eigenvalue weighted by molar-refractivity contribution is 0.0322. The Morgan fingerprint density at radius 3 is 2.20 bits per heavy atom. The highest BCUT2D eigenvalue weighted by atomic mass is 16.5. The summed E-state index contributed by atoms with van der Waals surface area (Å²) in [5.74, 6) is 1.68. The number of carbonyl (C=O) groups is 1. The average molecular weight is 633 g/mol. The van der Waals surface area contributed by atoms with Crippen molar-refractivity contribution >= 4 is 17.4 Å². The smallest absolute Gasteiger partial charge is 0.323 e. The van der Waals surface area contributed by atoms with E-state index < -0.39 is 6.03 Å². The van der Waals surface area contributed by atoms with Gasteiger partial charge in [0.15, 0.2) is 0 Å². The number of hydrogen-bond acceptors (Lipinski definition) is 6. The Labute approximate surface area is 274 Å². The fourth-order valence-electron chi connectivity index (χ4n) is 5.66. The van der Waals surface area contributed by atoms with Crippen LogP contribution in [-0.4, -0.2) is 61.1 Å². The molecule has 0 unspecified atom stereocenters. The van der Waals surface area contributed by atoms with Crippen molar-refractivity contribution in [1.29, 1.82) is 0 Å². The summed E-state index contributed by atoms with van der Waals surface area (Å²) in [5.41, 5.74) is 4.06. The molecule has 1 aromatic heterocycles. The molecule has 1 fully saturated rings. The fourth-order valence-corrected chi connectivity index (χ4v) is 5.66. The van der Waals surface area contributed by atoms with E-state index in [4.69, 9.17) is 14.2 Å². The van der Waals surface area contributed by atoms with Crippen LogP contribution in [0.1, 0.15) is 84.3 Å². The second-order valence-corrected chi connectivity index (χ2v) is 12.8. The Morgan fingerprint density at radius 2 is 1.57 bits per heavy atom. The highest BCUT2D eigenvalue weighted by molar-refractivity contribution is 6.03. The lowest BCUT2D eigenvalue weighted by Crippen LogP contribution is -2.38. The van der Waals surface area contributed by atoms with Crippen LogP contribution in [0.4, 0.5) is 16.2 Å². The number of anilines is 2. The van der Waals surface area contributed by atoms with Crippen molar-refractivity contribution in [2.75, 3.05) is 50.1 Å². The van der Waals surface area contributed by atoms with E-state index in [9.17, 15) is 9.59 Å². The van der Waals surface area contributed by atoms with Crippen molar-refractivity contribution in [3.63, 3.8) is 0 Å². The van der Waals surface area contributed by atoms with Crippen LogP contribution in [0.25, 0.3) is 11.1 Å². The maximum Gasteiger partial charge on any atom is 0.323 e. The average Bonchev–Trinajstić information content (AvgIpc) is 3.02. The number of para-hydroxylation sites is 1. The van der Waals surface area contributed by atoms with Crippen molar-refractivity contribution in [1.82, 2.24) is 9.47 Å². The summed E-state index contributed by atoms with van der Waals surface area (Å²) in [6, 6.07) is 13.2. The van der Waals surface area contributed by atoms with E-state index in [1.807, 2.05) is 56.3 Å². The van der Waals surface area contributed by atoms with Crippen LogP contribution in [0.15, 0.2) is 53.5 Å². The molecule has 4 rings (SSSR count). The molecule has 1 aliphatic rings. The van der Waals surface area contributed by atoms with Crippen LogP contribution in [0, 0.1) is 0 Å². The third-order valence-electron chi connectivity index (χ3n) is 8.15. The highest BCUT2D eigenvalue weighted by Crippen LogP contribution is 2.38. The van der Waals surface area contributed by atoms with Gasteiger partial charge in [0.05, 0.1) is 19.3 Å². The lowest BCUT2D eigenvalue weighted by atomic mass is 9.93. The molecular weight excluding hydrogens is 580 g/mol. The zero-order chi connectivity index (χ0) is 33.2. The molecule has 2 N–H and O–H groups in total. The van der Waals surface area contributed by atoms with E-state index in [0.29, 0.717) is 35.8 Å². The first-order valence-corrected chi connectivity index (χ1v) is 16.8. The first-order chi connectivity index (χ1) is 22.1. The molecule has 9 nitrogen and oxygen atoms in total. The van der Waals surface area contributed by atoms with Gasteiger partial charge in [0, 0.05) is 49.2 Å². The summed E-state index contributed by atoms with van der Waals surface area (Å²) in [6.45, 7) is 19.6. The zero-order valence-corrected chi connectivity index (χ0v) is 28.7. The van der Waals surface area contributed by atoms with Gasteiger partial charge in [-0.15, -0.1) is 0 Å². The summed E-state index contributed by atoms with van der Waals surface area (Å²) in [4.78, 5) is 30.1. The van der Waals surface area contributed by atoms with E-state index in [0.717, 1.165) is 62.5 Å². The number of benzene rings is 2. The van der Waals surface area contributed by atoms with Gasteiger partial charge in [-0.3, -0.25) is 9.69 Å². The molecule has 0 atom stereocenters. The maximum absolute atomic E-state index is 14.0. The molecule has 0 aliphatic carbocycles. The number of amides is 2. The third kappa shape index (κ3) is 9.13. The van der Waals surface area contributed by atoms with Crippen LogP contribution in [0.2, 0.25) is 0 Å². The Bertz CT molecular complexity index is 1480. The van der Waals surface area contributed by atoms with Crippen LogP contribution in [-0.2, 0) is 11.3 Å². The largest absolute Gasteiger partial charge is 0.492 e. The Kier molecular flexibility index (Phi) is 12.7. The van der Waals surface area contributed by atoms with Crippen molar-refractivity contribution in [2.45, 2.75) is 85.8 Å². The van der Waals surface area contributed by atoms with Crippen LogP contribution >= 0.6 is 0 Å². The van der Waals surface area contributed by atoms with E-state index in [1.54, 1.807) is 10.8 Å². The van der Waals surface area contributed by atoms with Gasteiger partial charge in [-0.1, -0.05) is 59.2 Å². The molecule has 250 valence electrons. The van der Waals surface area contributed by atoms with Gasteiger partial charge in [0.25, 0.3) is 5.56 Å². The third-order valence-corrected chi connectivity index (χ3v) is 8.15. The van der Waals surface area contributed by atoms with E-state index in [-0.39, 0.29) is 29.2 Å². The van der Waals surface area contributed by atoms with Gasteiger partial charge in [0.1, 0.15) is 23.8 Å². The first kappa shape index (κ1) is 35.0. The summed E-state index contributed by atoms with van der Waals surface area (Å²) in [6.07, 6.45) is 3.49. The molecule has 9 heteroatoms. The van der Waals surface area contributed by atoms with E-state index in [2.05, 4.69) is 50.2 Å².